The number of carbonyl (C=O) groups excluding carboxylic acids is 2. The second-order valence-corrected chi connectivity index (χ2v) is 5.41. The van der Waals surface area contributed by atoms with Crippen LogP contribution in [0.15, 0.2) is 47.6 Å². The standard InChI is InChI=1S/C15H10Cl2N4O4/c16-11-6-5-10(7-12(11)17)19-14(22)15(23)20-18-8-9-3-1-2-4-13(9)21(24)25/h1-8H,(H,19,22)(H,20,23)/b18-8-. The fourth-order valence-electron chi connectivity index (χ4n) is 1.74. The number of benzene rings is 2. The zero-order valence-electron chi connectivity index (χ0n) is 12.4. The lowest BCUT2D eigenvalue weighted by Gasteiger charge is -2.05. The number of nitro benzene ring substituents is 1. The topological polar surface area (TPSA) is 114 Å². The maximum absolute atomic E-state index is 11.7. The summed E-state index contributed by atoms with van der Waals surface area (Å²) < 4.78 is 0. The molecule has 0 aromatic heterocycles. The van der Waals surface area contributed by atoms with Crippen molar-refractivity contribution in [1.29, 1.82) is 0 Å². The van der Waals surface area contributed by atoms with Gasteiger partial charge in [-0.3, -0.25) is 19.7 Å². The molecule has 0 radical (unpaired) electrons. The fraction of sp³-hybridized carbons (Fsp3) is 0. The van der Waals surface area contributed by atoms with E-state index >= 15 is 0 Å². The van der Waals surface area contributed by atoms with E-state index in [1.165, 1.54) is 36.4 Å². The van der Waals surface area contributed by atoms with E-state index in [1.807, 2.05) is 5.43 Å². The van der Waals surface area contributed by atoms with E-state index in [1.54, 1.807) is 6.07 Å². The number of nitro groups is 1. The van der Waals surface area contributed by atoms with Crippen molar-refractivity contribution in [3.05, 3.63) is 68.2 Å². The molecule has 0 bridgehead atoms. The number of nitrogens with zero attached hydrogens (tertiary/aromatic N) is 2. The molecule has 2 amide bonds. The smallest absolute Gasteiger partial charge is 0.318 e. The van der Waals surface area contributed by atoms with Gasteiger partial charge in [-0.25, -0.2) is 5.43 Å². The van der Waals surface area contributed by atoms with E-state index in [-0.39, 0.29) is 22.0 Å². The molecule has 0 unspecified atom stereocenters. The summed E-state index contributed by atoms with van der Waals surface area (Å²) in [6.45, 7) is 0. The van der Waals surface area contributed by atoms with Gasteiger partial charge in [0, 0.05) is 11.8 Å². The first-order valence-corrected chi connectivity index (χ1v) is 7.47. The van der Waals surface area contributed by atoms with Crippen molar-refractivity contribution >= 4 is 52.6 Å². The van der Waals surface area contributed by atoms with Crippen LogP contribution in [0, 0.1) is 10.1 Å². The molecular weight excluding hydrogens is 371 g/mol. The minimum absolute atomic E-state index is 0.178. The lowest BCUT2D eigenvalue weighted by molar-refractivity contribution is -0.385. The molecule has 0 saturated heterocycles. The number of hydrazone groups is 1. The highest BCUT2D eigenvalue weighted by molar-refractivity contribution is 6.42. The predicted molar refractivity (Wildman–Crippen MR) is 93.9 cm³/mol. The van der Waals surface area contributed by atoms with E-state index < -0.39 is 16.7 Å². The molecule has 0 aliphatic heterocycles. The highest BCUT2D eigenvalue weighted by atomic mass is 35.5. The summed E-state index contributed by atoms with van der Waals surface area (Å²) in [7, 11) is 0. The molecule has 0 aliphatic rings. The molecule has 2 aromatic rings. The normalized spacial score (nSPS) is 10.5. The number of amides is 2. The third kappa shape index (κ3) is 5.00. The molecule has 2 N–H and O–H groups in total. The maximum Gasteiger partial charge on any atom is 0.329 e. The summed E-state index contributed by atoms with van der Waals surface area (Å²) >= 11 is 11.6. The zero-order valence-corrected chi connectivity index (χ0v) is 13.9. The second-order valence-electron chi connectivity index (χ2n) is 4.60. The molecule has 2 aromatic carbocycles. The molecule has 25 heavy (non-hydrogen) atoms. The number of anilines is 1. The third-order valence-electron chi connectivity index (χ3n) is 2.89. The Morgan fingerprint density at radius 2 is 1.80 bits per heavy atom. The molecular formula is C15H10Cl2N4O4. The molecule has 0 spiro atoms. The zero-order chi connectivity index (χ0) is 18.4. The number of halogens is 2. The number of rotatable bonds is 4. The van der Waals surface area contributed by atoms with Gasteiger partial charge in [0.1, 0.15) is 0 Å². The molecule has 2 rings (SSSR count). The average molecular weight is 381 g/mol. The number of nitrogens with one attached hydrogen (secondary N) is 2. The van der Waals surface area contributed by atoms with Crippen LogP contribution in [0.25, 0.3) is 0 Å². The molecule has 0 aliphatic carbocycles. The lowest BCUT2D eigenvalue weighted by atomic mass is 10.2. The van der Waals surface area contributed by atoms with Crippen molar-refractivity contribution in [3.8, 4) is 0 Å². The lowest BCUT2D eigenvalue weighted by Crippen LogP contribution is -2.32. The van der Waals surface area contributed by atoms with Crippen molar-refractivity contribution in [2.45, 2.75) is 0 Å². The van der Waals surface area contributed by atoms with Crippen molar-refractivity contribution in [3.63, 3.8) is 0 Å². The molecule has 0 heterocycles. The van der Waals surface area contributed by atoms with Gasteiger partial charge in [0.15, 0.2) is 0 Å². The second kappa shape index (κ2) is 8.22. The first kappa shape index (κ1) is 18.4. The summed E-state index contributed by atoms with van der Waals surface area (Å²) in [6, 6.07) is 10.1. The van der Waals surface area contributed by atoms with E-state index in [4.69, 9.17) is 23.2 Å². The van der Waals surface area contributed by atoms with E-state index in [2.05, 4.69) is 10.4 Å². The molecule has 8 nitrogen and oxygen atoms in total. The van der Waals surface area contributed by atoms with Gasteiger partial charge in [-0.1, -0.05) is 35.3 Å². The predicted octanol–water partition coefficient (Wildman–Crippen LogP) is 2.99. The van der Waals surface area contributed by atoms with Crippen LogP contribution in [0.4, 0.5) is 11.4 Å². The van der Waals surface area contributed by atoms with Gasteiger partial charge in [-0.05, 0) is 24.3 Å². The summed E-state index contributed by atoms with van der Waals surface area (Å²) in [5.74, 6) is -2.04. The Balaban J connectivity index is 1.99. The van der Waals surface area contributed by atoms with E-state index in [0.717, 1.165) is 6.21 Å². The van der Waals surface area contributed by atoms with Crippen LogP contribution in [0.1, 0.15) is 5.56 Å². The van der Waals surface area contributed by atoms with E-state index in [9.17, 15) is 19.7 Å². The Labute approximate surface area is 151 Å². The summed E-state index contributed by atoms with van der Waals surface area (Å²) in [6.07, 6.45) is 1.07. The van der Waals surface area contributed by atoms with Gasteiger partial charge in [0.25, 0.3) is 5.69 Å². The molecule has 10 heteroatoms. The number of hydrogen-bond donors (Lipinski definition) is 2. The Bertz CT molecular complexity index is 870. The highest BCUT2D eigenvalue weighted by Crippen LogP contribution is 2.24. The Hall–Kier alpha value is -2.97. The van der Waals surface area contributed by atoms with Crippen LogP contribution < -0.4 is 10.7 Å². The van der Waals surface area contributed by atoms with Gasteiger partial charge < -0.3 is 5.32 Å². The van der Waals surface area contributed by atoms with Gasteiger partial charge in [-0.2, -0.15) is 5.10 Å². The highest BCUT2D eigenvalue weighted by Gasteiger charge is 2.14. The van der Waals surface area contributed by atoms with Gasteiger partial charge in [0.2, 0.25) is 0 Å². The van der Waals surface area contributed by atoms with Crippen LogP contribution in [-0.2, 0) is 9.59 Å². The van der Waals surface area contributed by atoms with Gasteiger partial charge >= 0.3 is 11.8 Å². The fourth-order valence-corrected chi connectivity index (χ4v) is 2.03. The van der Waals surface area contributed by atoms with Crippen LogP contribution >= 0.6 is 23.2 Å². The number of hydrogen-bond acceptors (Lipinski definition) is 5. The van der Waals surface area contributed by atoms with Crippen molar-refractivity contribution in [2.75, 3.05) is 5.32 Å². The minimum Gasteiger partial charge on any atom is -0.318 e. The molecule has 128 valence electrons. The monoisotopic (exact) mass is 380 g/mol. The van der Waals surface area contributed by atoms with E-state index in [0.29, 0.717) is 5.02 Å². The summed E-state index contributed by atoms with van der Waals surface area (Å²) in [4.78, 5) is 33.7. The molecule has 0 atom stereocenters. The van der Waals surface area contributed by atoms with Crippen LogP contribution in [0.2, 0.25) is 10.0 Å². The quantitative estimate of drug-likeness (QED) is 0.367. The van der Waals surface area contributed by atoms with Crippen molar-refractivity contribution < 1.29 is 14.5 Å². The maximum atomic E-state index is 11.7. The molecule has 0 saturated carbocycles. The van der Waals surface area contributed by atoms with Gasteiger partial charge in [-0.15, -0.1) is 0 Å². The Morgan fingerprint density at radius 1 is 1.08 bits per heavy atom. The van der Waals surface area contributed by atoms with Crippen LogP contribution in [0.5, 0.6) is 0 Å². The minimum atomic E-state index is -1.05. The third-order valence-corrected chi connectivity index (χ3v) is 3.63. The summed E-state index contributed by atoms with van der Waals surface area (Å²) in [5.41, 5.74) is 2.25. The first-order chi connectivity index (χ1) is 11.9. The van der Waals surface area contributed by atoms with Crippen LogP contribution in [-0.4, -0.2) is 23.0 Å². The van der Waals surface area contributed by atoms with Crippen molar-refractivity contribution in [1.82, 2.24) is 5.43 Å². The van der Waals surface area contributed by atoms with Gasteiger partial charge in [0.05, 0.1) is 26.7 Å². The summed E-state index contributed by atoms with van der Waals surface area (Å²) in [5, 5.41) is 17.2. The SMILES string of the molecule is O=C(N/N=C\c1ccccc1[N+](=O)[O-])C(=O)Nc1ccc(Cl)c(Cl)c1. The van der Waals surface area contributed by atoms with Crippen LogP contribution in [0.3, 0.4) is 0 Å². The average Bonchev–Trinajstić information content (AvgIpc) is 2.58. The van der Waals surface area contributed by atoms with Crippen molar-refractivity contribution in [2.24, 2.45) is 5.10 Å². The molecule has 0 fully saturated rings. The Morgan fingerprint density at radius 3 is 2.48 bits per heavy atom. The number of para-hydroxylation sites is 1. The first-order valence-electron chi connectivity index (χ1n) is 6.71. The number of carbonyl (C=O) groups is 2. The largest absolute Gasteiger partial charge is 0.329 e. The Kier molecular flexibility index (Phi) is 6.04.